The number of halogens is 7. The minimum Gasteiger partial charge on any atom is -0.166 e. The molecule has 0 saturated heterocycles. The Kier molecular flexibility index (Phi) is 5.28. The minimum atomic E-state index is -4.45. The highest BCUT2D eigenvalue weighted by molar-refractivity contribution is 9.12. The van der Waals surface area contributed by atoms with Crippen LogP contribution in [-0.2, 0) is 6.18 Å². The third kappa shape index (κ3) is 3.61. The van der Waals surface area contributed by atoms with E-state index in [1.165, 1.54) is 17.4 Å². The molecule has 2 aromatic rings. The molecule has 108 valence electrons. The third-order valence-electron chi connectivity index (χ3n) is 2.55. The summed E-state index contributed by atoms with van der Waals surface area (Å²) < 4.78 is 41.2. The van der Waals surface area contributed by atoms with Gasteiger partial charge in [-0.1, -0.05) is 22.0 Å². The number of hydrogen-bond acceptors (Lipinski definition) is 1. The molecule has 2 rings (SSSR count). The SMILES string of the molecule is FC(F)(F)c1cc(Br)ccc1C(Cl)c1cc(Br)sc1Br. The normalized spacial score (nSPS) is 13.6. The van der Waals surface area contributed by atoms with Crippen molar-refractivity contribution in [3.05, 3.63) is 53.0 Å². The molecular weight excluding hydrogens is 508 g/mol. The van der Waals surface area contributed by atoms with Crippen molar-refractivity contribution in [1.29, 1.82) is 0 Å². The Balaban J connectivity index is 2.55. The molecule has 0 aliphatic carbocycles. The summed E-state index contributed by atoms with van der Waals surface area (Å²) in [6, 6.07) is 5.70. The Bertz CT molecular complexity index is 639. The molecule has 0 aliphatic rings. The molecular formula is C12H5Br3ClF3S. The molecule has 0 spiro atoms. The van der Waals surface area contributed by atoms with Crippen LogP contribution in [0.3, 0.4) is 0 Å². The molecule has 0 N–H and O–H groups in total. The quantitative estimate of drug-likeness (QED) is 0.368. The first-order valence-corrected chi connectivity index (χ1v) is 8.79. The summed E-state index contributed by atoms with van der Waals surface area (Å²) in [7, 11) is 0. The van der Waals surface area contributed by atoms with E-state index in [4.69, 9.17) is 11.6 Å². The molecule has 0 nitrogen and oxygen atoms in total. The average Bonchev–Trinajstić information content (AvgIpc) is 2.66. The van der Waals surface area contributed by atoms with Crippen LogP contribution in [0.4, 0.5) is 13.2 Å². The lowest BCUT2D eigenvalue weighted by molar-refractivity contribution is -0.138. The van der Waals surface area contributed by atoms with E-state index in [9.17, 15) is 13.2 Å². The maximum atomic E-state index is 13.1. The Labute approximate surface area is 147 Å². The van der Waals surface area contributed by atoms with Gasteiger partial charge in [0.15, 0.2) is 0 Å². The largest absolute Gasteiger partial charge is 0.416 e. The van der Waals surface area contributed by atoms with Gasteiger partial charge in [0, 0.05) is 10.0 Å². The summed E-state index contributed by atoms with van der Waals surface area (Å²) in [6.45, 7) is 0. The van der Waals surface area contributed by atoms with E-state index >= 15 is 0 Å². The van der Waals surface area contributed by atoms with E-state index < -0.39 is 17.1 Å². The van der Waals surface area contributed by atoms with Crippen molar-refractivity contribution in [2.45, 2.75) is 11.6 Å². The van der Waals surface area contributed by atoms with Crippen molar-refractivity contribution in [1.82, 2.24) is 0 Å². The van der Waals surface area contributed by atoms with E-state index in [-0.39, 0.29) is 5.56 Å². The van der Waals surface area contributed by atoms with Crippen molar-refractivity contribution in [2.24, 2.45) is 0 Å². The van der Waals surface area contributed by atoms with Crippen molar-refractivity contribution < 1.29 is 13.2 Å². The van der Waals surface area contributed by atoms with E-state index in [2.05, 4.69) is 47.8 Å². The van der Waals surface area contributed by atoms with E-state index in [0.29, 0.717) is 13.8 Å². The van der Waals surface area contributed by atoms with Gasteiger partial charge in [0.25, 0.3) is 0 Å². The summed E-state index contributed by atoms with van der Waals surface area (Å²) in [4.78, 5) is 0. The molecule has 1 aromatic heterocycles. The maximum Gasteiger partial charge on any atom is 0.416 e. The maximum absolute atomic E-state index is 13.1. The topological polar surface area (TPSA) is 0 Å². The average molecular weight is 513 g/mol. The van der Waals surface area contributed by atoms with Gasteiger partial charge >= 0.3 is 6.18 Å². The number of rotatable bonds is 2. The predicted molar refractivity (Wildman–Crippen MR) is 86.6 cm³/mol. The smallest absolute Gasteiger partial charge is 0.166 e. The van der Waals surface area contributed by atoms with Crippen molar-refractivity contribution in [2.75, 3.05) is 0 Å². The van der Waals surface area contributed by atoms with E-state index in [1.54, 1.807) is 12.1 Å². The molecule has 0 amide bonds. The first-order valence-electron chi connectivity index (χ1n) is 5.15. The summed E-state index contributed by atoms with van der Waals surface area (Å²) in [5.74, 6) is 0. The summed E-state index contributed by atoms with van der Waals surface area (Å²) >= 11 is 17.3. The molecule has 1 heterocycles. The lowest BCUT2D eigenvalue weighted by Gasteiger charge is -2.17. The van der Waals surface area contributed by atoms with E-state index in [1.807, 2.05) is 0 Å². The van der Waals surface area contributed by atoms with Crippen molar-refractivity contribution >= 4 is 70.7 Å². The van der Waals surface area contributed by atoms with Gasteiger partial charge in [0.2, 0.25) is 0 Å². The highest BCUT2D eigenvalue weighted by Gasteiger charge is 2.36. The number of benzene rings is 1. The van der Waals surface area contributed by atoms with Gasteiger partial charge in [-0.25, -0.2) is 0 Å². The van der Waals surface area contributed by atoms with Crippen molar-refractivity contribution in [3.8, 4) is 0 Å². The summed E-state index contributed by atoms with van der Waals surface area (Å²) in [6.07, 6.45) is -4.45. The fourth-order valence-electron chi connectivity index (χ4n) is 1.69. The lowest BCUT2D eigenvalue weighted by Crippen LogP contribution is -2.10. The Morgan fingerprint density at radius 3 is 2.20 bits per heavy atom. The van der Waals surface area contributed by atoms with Gasteiger partial charge in [0.05, 0.1) is 18.5 Å². The zero-order chi connectivity index (χ0) is 15.1. The highest BCUT2D eigenvalue weighted by atomic mass is 79.9. The lowest BCUT2D eigenvalue weighted by atomic mass is 10.0. The number of hydrogen-bond donors (Lipinski definition) is 0. The van der Waals surface area contributed by atoms with Crippen LogP contribution >= 0.6 is 70.7 Å². The molecule has 0 saturated carbocycles. The molecule has 1 aromatic carbocycles. The third-order valence-corrected chi connectivity index (χ3v) is 5.90. The molecule has 0 radical (unpaired) electrons. The van der Waals surface area contributed by atoms with Gasteiger partial charge in [-0.15, -0.1) is 22.9 Å². The highest BCUT2D eigenvalue weighted by Crippen LogP contribution is 2.45. The zero-order valence-electron chi connectivity index (χ0n) is 9.44. The first kappa shape index (κ1) is 16.8. The minimum absolute atomic E-state index is 0.0355. The van der Waals surface area contributed by atoms with Gasteiger partial charge in [-0.3, -0.25) is 0 Å². The predicted octanol–water partition coefficient (Wildman–Crippen LogP) is 7.38. The molecule has 20 heavy (non-hydrogen) atoms. The molecule has 1 unspecified atom stereocenters. The van der Waals surface area contributed by atoms with Gasteiger partial charge in [-0.05, 0) is 55.6 Å². The summed E-state index contributed by atoms with van der Waals surface area (Å²) in [5, 5.41) is -0.878. The fourth-order valence-corrected chi connectivity index (χ4v) is 5.51. The first-order chi connectivity index (χ1) is 9.20. The van der Waals surface area contributed by atoms with Crippen LogP contribution in [-0.4, -0.2) is 0 Å². The molecule has 0 bridgehead atoms. The molecule has 1 atom stereocenters. The van der Waals surface area contributed by atoms with Gasteiger partial charge in [0.1, 0.15) is 0 Å². The standard InChI is InChI=1S/C12H5Br3ClF3S/c13-5-1-2-6(8(3-5)12(17,18)19)10(16)7-4-9(14)20-11(7)15/h1-4,10H. The van der Waals surface area contributed by atoms with Crippen LogP contribution < -0.4 is 0 Å². The zero-order valence-corrected chi connectivity index (χ0v) is 15.8. The second-order valence-corrected chi connectivity index (χ2v) is 8.97. The van der Waals surface area contributed by atoms with Gasteiger partial charge < -0.3 is 0 Å². The van der Waals surface area contributed by atoms with E-state index in [0.717, 1.165) is 9.85 Å². The number of thiophene rings is 1. The van der Waals surface area contributed by atoms with Crippen LogP contribution in [0.5, 0.6) is 0 Å². The Morgan fingerprint density at radius 1 is 1.05 bits per heavy atom. The van der Waals surface area contributed by atoms with Crippen LogP contribution in [0.15, 0.2) is 36.3 Å². The second kappa shape index (κ2) is 6.28. The second-order valence-electron chi connectivity index (χ2n) is 3.87. The van der Waals surface area contributed by atoms with Crippen LogP contribution in [0, 0.1) is 0 Å². The van der Waals surface area contributed by atoms with Crippen LogP contribution in [0.25, 0.3) is 0 Å². The Morgan fingerprint density at radius 2 is 1.70 bits per heavy atom. The van der Waals surface area contributed by atoms with Crippen LogP contribution in [0.2, 0.25) is 0 Å². The van der Waals surface area contributed by atoms with Crippen molar-refractivity contribution in [3.63, 3.8) is 0 Å². The van der Waals surface area contributed by atoms with Gasteiger partial charge in [-0.2, -0.15) is 13.2 Å². The fraction of sp³-hybridized carbons (Fsp3) is 0.167. The monoisotopic (exact) mass is 510 g/mol. The molecule has 0 aliphatic heterocycles. The van der Waals surface area contributed by atoms with Crippen LogP contribution in [0.1, 0.15) is 22.1 Å². The molecule has 0 fully saturated rings. The summed E-state index contributed by atoms with van der Waals surface area (Å²) in [5.41, 5.74) is -0.0918. The Hall–Kier alpha value is 0.440. The molecule has 8 heteroatoms. The number of alkyl halides is 4.